The van der Waals surface area contributed by atoms with Crippen LogP contribution in [0.25, 0.3) is 0 Å². The lowest BCUT2D eigenvalue weighted by Gasteiger charge is -2.33. The number of benzene rings is 1. The predicted molar refractivity (Wildman–Crippen MR) is 81.0 cm³/mol. The summed E-state index contributed by atoms with van der Waals surface area (Å²) < 4.78 is 5.43. The molecule has 1 aromatic carbocycles. The molecule has 0 saturated heterocycles. The number of nitrogens with zero attached hydrogens (tertiary/aromatic N) is 1. The fourth-order valence-corrected chi connectivity index (χ4v) is 2.91. The first kappa shape index (κ1) is 15.1. The van der Waals surface area contributed by atoms with Gasteiger partial charge >= 0.3 is 0 Å². The van der Waals surface area contributed by atoms with E-state index in [2.05, 4.69) is 11.9 Å². The second-order valence-corrected chi connectivity index (χ2v) is 5.68. The van der Waals surface area contributed by atoms with Crippen molar-refractivity contribution in [2.75, 3.05) is 13.7 Å². The summed E-state index contributed by atoms with van der Waals surface area (Å²) in [7, 11) is 2.12. The highest BCUT2D eigenvalue weighted by Gasteiger charge is 2.22. The van der Waals surface area contributed by atoms with Gasteiger partial charge in [-0.3, -0.25) is 4.90 Å². The zero-order valence-corrected chi connectivity index (χ0v) is 12.5. The van der Waals surface area contributed by atoms with E-state index in [-0.39, 0.29) is 5.75 Å². The van der Waals surface area contributed by atoms with Crippen molar-refractivity contribution >= 4 is 0 Å². The Bertz CT molecular complexity index is 428. The van der Waals surface area contributed by atoms with Crippen LogP contribution in [0.3, 0.4) is 0 Å². The normalized spacial score (nSPS) is 23.0. The highest BCUT2D eigenvalue weighted by atomic mass is 16.5. The Labute approximate surface area is 121 Å². The van der Waals surface area contributed by atoms with E-state index in [9.17, 15) is 5.11 Å². The Balaban J connectivity index is 2.00. The van der Waals surface area contributed by atoms with Crippen molar-refractivity contribution in [3.05, 3.63) is 23.8 Å². The largest absolute Gasteiger partial charge is 0.504 e. The quantitative estimate of drug-likeness (QED) is 0.869. The van der Waals surface area contributed by atoms with Gasteiger partial charge in [-0.05, 0) is 45.7 Å². The summed E-state index contributed by atoms with van der Waals surface area (Å²) in [4.78, 5) is 2.32. The summed E-state index contributed by atoms with van der Waals surface area (Å²) in [5, 5.41) is 10.2. The fourth-order valence-electron chi connectivity index (χ4n) is 2.91. The van der Waals surface area contributed by atoms with E-state index < -0.39 is 0 Å². The molecule has 0 amide bonds. The summed E-state index contributed by atoms with van der Waals surface area (Å²) in [5.74, 6) is 0.845. The number of para-hydroxylation sites is 1. The molecule has 1 fully saturated rings. The zero-order valence-electron chi connectivity index (χ0n) is 12.5. The number of hydrogen-bond acceptors (Lipinski definition) is 4. The highest BCUT2D eigenvalue weighted by molar-refractivity contribution is 5.45. The molecule has 112 valence electrons. The topological polar surface area (TPSA) is 58.7 Å². The molecule has 2 rings (SSSR count). The Hall–Kier alpha value is -1.26. The van der Waals surface area contributed by atoms with Gasteiger partial charge in [0.2, 0.25) is 0 Å². The maximum atomic E-state index is 10.2. The molecule has 0 unspecified atom stereocenters. The first-order valence-corrected chi connectivity index (χ1v) is 7.51. The van der Waals surface area contributed by atoms with Crippen LogP contribution in [0.2, 0.25) is 0 Å². The van der Waals surface area contributed by atoms with Crippen molar-refractivity contribution in [3.8, 4) is 11.5 Å². The van der Waals surface area contributed by atoms with E-state index in [1.807, 2.05) is 25.1 Å². The molecule has 0 spiro atoms. The van der Waals surface area contributed by atoms with Gasteiger partial charge in [0.05, 0.1) is 6.61 Å². The number of phenols is 1. The highest BCUT2D eigenvalue weighted by Crippen LogP contribution is 2.31. The number of ether oxygens (including phenoxy) is 1. The standard InChI is InChI=1S/C16H26N2O2/c1-3-20-15-6-4-5-12(16(15)19)11-18(2)14-9-7-13(17)8-10-14/h4-6,13-14,19H,3,7-11,17H2,1-2H3. The molecule has 0 bridgehead atoms. The molecule has 0 aromatic heterocycles. The van der Waals surface area contributed by atoms with Crippen LogP contribution in [0.15, 0.2) is 18.2 Å². The van der Waals surface area contributed by atoms with Gasteiger partial charge in [0.25, 0.3) is 0 Å². The van der Waals surface area contributed by atoms with Gasteiger partial charge in [-0.2, -0.15) is 0 Å². The smallest absolute Gasteiger partial charge is 0.162 e. The maximum Gasteiger partial charge on any atom is 0.162 e. The second-order valence-electron chi connectivity index (χ2n) is 5.68. The molecule has 0 heterocycles. The minimum Gasteiger partial charge on any atom is -0.504 e. The number of phenolic OH excluding ortho intramolecular Hbond substituents is 1. The summed E-state index contributed by atoms with van der Waals surface area (Å²) >= 11 is 0. The van der Waals surface area contributed by atoms with Crippen LogP contribution >= 0.6 is 0 Å². The van der Waals surface area contributed by atoms with Crippen molar-refractivity contribution < 1.29 is 9.84 Å². The predicted octanol–water partition coefficient (Wildman–Crippen LogP) is 2.49. The molecule has 1 aliphatic carbocycles. The van der Waals surface area contributed by atoms with E-state index in [1.165, 1.54) is 0 Å². The van der Waals surface area contributed by atoms with Crippen LogP contribution in [0.1, 0.15) is 38.2 Å². The van der Waals surface area contributed by atoms with Gasteiger partial charge in [-0.1, -0.05) is 12.1 Å². The van der Waals surface area contributed by atoms with Gasteiger partial charge in [-0.15, -0.1) is 0 Å². The van der Waals surface area contributed by atoms with E-state index in [0.717, 1.165) is 37.8 Å². The van der Waals surface area contributed by atoms with Gasteiger partial charge in [0, 0.05) is 24.2 Å². The second kappa shape index (κ2) is 6.95. The Morgan fingerprint density at radius 1 is 1.30 bits per heavy atom. The first-order valence-electron chi connectivity index (χ1n) is 7.51. The molecular weight excluding hydrogens is 252 g/mol. The van der Waals surface area contributed by atoms with E-state index in [1.54, 1.807) is 0 Å². The molecule has 1 aromatic rings. The van der Waals surface area contributed by atoms with E-state index >= 15 is 0 Å². The fraction of sp³-hybridized carbons (Fsp3) is 0.625. The molecule has 4 heteroatoms. The van der Waals surface area contributed by atoms with Crippen molar-refractivity contribution in [2.45, 2.75) is 51.2 Å². The number of hydrogen-bond donors (Lipinski definition) is 2. The minimum atomic E-state index is 0.272. The minimum absolute atomic E-state index is 0.272. The zero-order chi connectivity index (χ0) is 14.5. The Kier molecular flexibility index (Phi) is 5.26. The molecule has 20 heavy (non-hydrogen) atoms. The summed E-state index contributed by atoms with van der Waals surface area (Å²) in [6.07, 6.45) is 4.48. The molecule has 1 aliphatic rings. The first-order chi connectivity index (χ1) is 9.61. The Morgan fingerprint density at radius 3 is 2.65 bits per heavy atom. The molecule has 1 saturated carbocycles. The van der Waals surface area contributed by atoms with Crippen LogP contribution < -0.4 is 10.5 Å². The maximum absolute atomic E-state index is 10.2. The Morgan fingerprint density at radius 2 is 2.00 bits per heavy atom. The monoisotopic (exact) mass is 278 g/mol. The molecule has 0 radical (unpaired) electrons. The lowest BCUT2D eigenvalue weighted by Crippen LogP contribution is -2.38. The van der Waals surface area contributed by atoms with Crippen molar-refractivity contribution in [2.24, 2.45) is 5.73 Å². The number of nitrogens with two attached hydrogens (primary N) is 1. The molecule has 0 atom stereocenters. The molecule has 0 aliphatic heterocycles. The van der Waals surface area contributed by atoms with Gasteiger partial charge < -0.3 is 15.6 Å². The third-order valence-electron chi connectivity index (χ3n) is 4.17. The van der Waals surface area contributed by atoms with Crippen molar-refractivity contribution in [1.29, 1.82) is 0 Å². The SMILES string of the molecule is CCOc1cccc(CN(C)C2CCC(N)CC2)c1O. The molecule has 3 N–H and O–H groups in total. The average molecular weight is 278 g/mol. The number of rotatable bonds is 5. The van der Waals surface area contributed by atoms with Crippen LogP contribution in [-0.2, 0) is 6.54 Å². The van der Waals surface area contributed by atoms with E-state index in [0.29, 0.717) is 24.4 Å². The third kappa shape index (κ3) is 3.64. The third-order valence-corrected chi connectivity index (χ3v) is 4.17. The van der Waals surface area contributed by atoms with E-state index in [4.69, 9.17) is 10.5 Å². The van der Waals surface area contributed by atoms with Crippen LogP contribution in [0.5, 0.6) is 11.5 Å². The van der Waals surface area contributed by atoms with Gasteiger partial charge in [0.15, 0.2) is 11.5 Å². The summed E-state index contributed by atoms with van der Waals surface area (Å²) in [6, 6.07) is 6.63. The molecule has 4 nitrogen and oxygen atoms in total. The van der Waals surface area contributed by atoms with Crippen LogP contribution in [-0.4, -0.2) is 35.7 Å². The van der Waals surface area contributed by atoms with Crippen LogP contribution in [0.4, 0.5) is 0 Å². The number of aromatic hydroxyl groups is 1. The summed E-state index contributed by atoms with van der Waals surface area (Å²) in [5.41, 5.74) is 6.88. The summed E-state index contributed by atoms with van der Waals surface area (Å²) in [6.45, 7) is 3.23. The lowest BCUT2D eigenvalue weighted by molar-refractivity contribution is 0.174. The van der Waals surface area contributed by atoms with Crippen molar-refractivity contribution in [1.82, 2.24) is 4.90 Å². The van der Waals surface area contributed by atoms with Gasteiger partial charge in [0.1, 0.15) is 0 Å². The average Bonchev–Trinajstić information content (AvgIpc) is 2.44. The van der Waals surface area contributed by atoms with Gasteiger partial charge in [-0.25, -0.2) is 0 Å². The van der Waals surface area contributed by atoms with Crippen LogP contribution in [0, 0.1) is 0 Å². The molecular formula is C16H26N2O2. The van der Waals surface area contributed by atoms with Crippen molar-refractivity contribution in [3.63, 3.8) is 0 Å². The lowest BCUT2D eigenvalue weighted by atomic mass is 9.91.